The van der Waals surface area contributed by atoms with Crippen LogP contribution >= 0.6 is 0 Å². The van der Waals surface area contributed by atoms with Crippen molar-refractivity contribution in [2.75, 3.05) is 19.5 Å². The van der Waals surface area contributed by atoms with Gasteiger partial charge in [-0.15, -0.1) is 0 Å². The molecule has 1 aliphatic heterocycles. The van der Waals surface area contributed by atoms with Crippen LogP contribution in [0.25, 0.3) is 0 Å². The van der Waals surface area contributed by atoms with Crippen molar-refractivity contribution in [1.82, 2.24) is 4.98 Å². The standard InChI is InChI=1S/C25H27N2O3.CH3.U/c1-25(16-18-6-5-15-26-24(18)27-25)19-12-9-17(10-13-19)11-14-21(28)20-7-4-8-22(29-2)23(20)30-3;;/h4-6,9-10,12-13,15,20H,7,11,14,16H2,1-3H3,(H,26,27);1H3;/q2*-1;+2. The van der Waals surface area contributed by atoms with E-state index < -0.39 is 0 Å². The fourth-order valence-electron chi connectivity index (χ4n) is 4.31. The van der Waals surface area contributed by atoms with E-state index >= 15 is 0 Å². The summed E-state index contributed by atoms with van der Waals surface area (Å²) in [6.07, 6.45) is 9.36. The molecule has 32 heavy (non-hydrogen) atoms. The first-order valence-electron chi connectivity index (χ1n) is 10.3. The predicted octanol–water partition coefficient (Wildman–Crippen LogP) is 4.80. The van der Waals surface area contributed by atoms with E-state index in [4.69, 9.17) is 9.47 Å². The molecule has 2 heterocycles. The summed E-state index contributed by atoms with van der Waals surface area (Å²) in [4.78, 5) is 17.3. The number of allylic oxidation sites excluding steroid dienone is 3. The summed E-state index contributed by atoms with van der Waals surface area (Å²) in [6.45, 7) is 2.20. The van der Waals surface area contributed by atoms with Crippen molar-refractivity contribution >= 4 is 11.6 Å². The fourth-order valence-corrected chi connectivity index (χ4v) is 4.31. The van der Waals surface area contributed by atoms with Gasteiger partial charge in [-0.05, 0) is 47.6 Å². The molecule has 0 saturated heterocycles. The predicted molar refractivity (Wildman–Crippen MR) is 122 cm³/mol. The molecule has 0 radical (unpaired) electrons. The molecular weight excluding hydrogens is 626 g/mol. The molecule has 2 aliphatic rings. The third kappa shape index (κ3) is 5.30. The Labute approximate surface area is 215 Å². The van der Waals surface area contributed by atoms with Gasteiger partial charge in [0.05, 0.1) is 19.8 Å². The Morgan fingerprint density at radius 1 is 1.22 bits per heavy atom. The molecule has 1 aromatic heterocycles. The van der Waals surface area contributed by atoms with Crippen LogP contribution in [0, 0.1) is 50.5 Å². The van der Waals surface area contributed by atoms with Gasteiger partial charge in [0.25, 0.3) is 0 Å². The van der Waals surface area contributed by atoms with Gasteiger partial charge in [-0.2, -0.15) is 6.08 Å². The summed E-state index contributed by atoms with van der Waals surface area (Å²) in [6, 6.07) is 12.6. The molecule has 6 heteroatoms. The zero-order valence-corrected chi connectivity index (χ0v) is 23.4. The largest absolute Gasteiger partial charge is 2.00 e. The summed E-state index contributed by atoms with van der Waals surface area (Å²) < 4.78 is 10.7. The Morgan fingerprint density at radius 2 is 1.97 bits per heavy atom. The third-order valence-electron chi connectivity index (χ3n) is 6.02. The average molecular weight is 657 g/mol. The van der Waals surface area contributed by atoms with E-state index in [-0.39, 0.29) is 55.8 Å². The van der Waals surface area contributed by atoms with Crippen LogP contribution in [0.3, 0.4) is 0 Å². The van der Waals surface area contributed by atoms with Crippen LogP contribution < -0.4 is 5.32 Å². The Balaban J connectivity index is 0.00000181. The van der Waals surface area contributed by atoms with Crippen molar-refractivity contribution in [3.8, 4) is 0 Å². The number of aryl methyl sites for hydroxylation is 1. The number of fused-ring (bicyclic) bond motifs is 1. The quantitative estimate of drug-likeness (QED) is 0.435. The summed E-state index contributed by atoms with van der Waals surface area (Å²) in [7, 11) is 3.14. The van der Waals surface area contributed by atoms with Crippen molar-refractivity contribution in [2.45, 2.75) is 38.1 Å². The van der Waals surface area contributed by atoms with E-state index in [2.05, 4.69) is 53.6 Å². The smallest absolute Gasteiger partial charge is 0.581 e. The molecule has 5 nitrogen and oxygen atoms in total. The molecule has 0 spiro atoms. The number of ether oxygens (including phenoxy) is 2. The minimum absolute atomic E-state index is 0. The number of benzene rings is 1. The number of hydrogen-bond acceptors (Lipinski definition) is 5. The maximum atomic E-state index is 12.8. The number of anilines is 1. The molecule has 2 aromatic rings. The molecule has 0 bridgehead atoms. The molecule has 1 N–H and O–H groups in total. The van der Waals surface area contributed by atoms with Crippen molar-refractivity contribution in [3.63, 3.8) is 0 Å². The normalized spacial score (nSPS) is 21.0. The monoisotopic (exact) mass is 656 g/mol. The van der Waals surface area contributed by atoms with E-state index in [0.717, 1.165) is 17.8 Å². The number of carbonyl (C=O) groups excluding carboxylic acids is 1. The van der Waals surface area contributed by atoms with Gasteiger partial charge in [-0.3, -0.25) is 0 Å². The van der Waals surface area contributed by atoms with Crippen LogP contribution in [-0.4, -0.2) is 25.0 Å². The first-order chi connectivity index (χ1) is 14.5. The number of nitrogens with zero attached hydrogens (tertiary/aromatic N) is 1. The molecular formula is C26H30N2O3U. The van der Waals surface area contributed by atoms with Gasteiger partial charge in [0.1, 0.15) is 11.6 Å². The van der Waals surface area contributed by atoms with E-state index in [0.29, 0.717) is 30.8 Å². The van der Waals surface area contributed by atoms with E-state index in [1.165, 1.54) is 11.1 Å². The molecule has 2 atom stereocenters. The molecule has 0 fully saturated rings. The topological polar surface area (TPSA) is 60.5 Å². The van der Waals surface area contributed by atoms with Crippen LogP contribution in [0.4, 0.5) is 5.82 Å². The second kappa shape index (κ2) is 11.2. The summed E-state index contributed by atoms with van der Waals surface area (Å²) in [5.41, 5.74) is 3.45. The Hall–Kier alpha value is -2.03. The molecule has 1 aliphatic carbocycles. The first-order valence-corrected chi connectivity index (χ1v) is 10.3. The number of rotatable bonds is 7. The Morgan fingerprint density at radius 3 is 2.62 bits per heavy atom. The van der Waals surface area contributed by atoms with Crippen molar-refractivity contribution in [1.29, 1.82) is 0 Å². The molecule has 2 unspecified atom stereocenters. The number of Topliss-reactive ketones (excluding diaryl/α,β-unsaturated/α-hetero) is 1. The number of pyridine rings is 1. The Bertz CT molecular complexity index is 973. The van der Waals surface area contributed by atoms with Crippen molar-refractivity contribution in [2.24, 2.45) is 5.92 Å². The minimum Gasteiger partial charge on any atom is -0.581 e. The second-order valence-corrected chi connectivity index (χ2v) is 8.05. The number of hydrogen-bond donors (Lipinski definition) is 1. The number of ketones is 1. The van der Waals surface area contributed by atoms with Crippen molar-refractivity contribution < 1.29 is 45.4 Å². The average Bonchev–Trinajstić information content (AvgIpc) is 3.14. The molecule has 1 aromatic carbocycles. The first kappa shape index (κ1) is 26.2. The van der Waals surface area contributed by atoms with Gasteiger partial charge in [0, 0.05) is 25.0 Å². The zero-order chi connectivity index (χ0) is 21.1. The third-order valence-corrected chi connectivity index (χ3v) is 6.02. The second-order valence-electron chi connectivity index (χ2n) is 8.05. The van der Waals surface area contributed by atoms with Crippen LogP contribution in [0.5, 0.6) is 0 Å². The fraction of sp³-hybridized carbons (Fsp3) is 0.346. The van der Waals surface area contributed by atoms with Crippen molar-refractivity contribution in [3.05, 3.63) is 90.4 Å². The van der Waals surface area contributed by atoms with Gasteiger partial charge in [-0.25, -0.2) is 11.1 Å². The SMILES string of the molecule is COC1=C(OC)C(C(=O)CCc2ccc(C3(C)Cc4cccnc4N3)cc2)CC=[C-]1.[CH3-].[U+2]. The maximum absolute atomic E-state index is 12.8. The molecule has 4 rings (SSSR count). The van der Waals surface area contributed by atoms with E-state index in [1.807, 2.05) is 18.3 Å². The minimum atomic E-state index is -0.293. The summed E-state index contributed by atoms with van der Waals surface area (Å²) in [5, 5.41) is 3.56. The number of nitrogens with one attached hydrogen (secondary N) is 1. The van der Waals surface area contributed by atoms with Gasteiger partial charge in [0.15, 0.2) is 0 Å². The molecule has 0 amide bonds. The number of carbonyl (C=O) groups is 1. The zero-order valence-electron chi connectivity index (χ0n) is 19.2. The molecule has 166 valence electrons. The summed E-state index contributed by atoms with van der Waals surface area (Å²) in [5.74, 6) is 1.92. The van der Waals surface area contributed by atoms with E-state index in [1.54, 1.807) is 14.2 Å². The number of methoxy groups -OCH3 is 2. The van der Waals surface area contributed by atoms with E-state index in [9.17, 15) is 4.79 Å². The number of aromatic nitrogens is 1. The van der Waals surface area contributed by atoms with Crippen LogP contribution in [0.15, 0.2) is 60.2 Å². The summed E-state index contributed by atoms with van der Waals surface area (Å²) >= 11 is 0. The molecule has 0 saturated carbocycles. The van der Waals surface area contributed by atoms with Crippen LogP contribution in [-0.2, 0) is 32.6 Å². The van der Waals surface area contributed by atoms with Crippen LogP contribution in [0.2, 0.25) is 0 Å². The van der Waals surface area contributed by atoms with Gasteiger partial charge < -0.3 is 27.0 Å². The van der Waals surface area contributed by atoms with Gasteiger partial charge in [0.2, 0.25) is 0 Å². The Kier molecular flexibility index (Phi) is 9.19. The van der Waals surface area contributed by atoms with Gasteiger partial charge in [-0.1, -0.05) is 36.8 Å². The van der Waals surface area contributed by atoms with Crippen LogP contribution in [0.1, 0.15) is 36.5 Å². The van der Waals surface area contributed by atoms with Gasteiger partial charge >= 0.3 is 31.1 Å². The maximum Gasteiger partial charge on any atom is 2.00 e.